The first-order valence-corrected chi connectivity index (χ1v) is 6.89. The molecule has 1 unspecified atom stereocenters. The van der Waals surface area contributed by atoms with Crippen molar-refractivity contribution in [3.05, 3.63) is 33.9 Å². The van der Waals surface area contributed by atoms with Crippen LogP contribution >= 0.6 is 0 Å². The number of nitro groups is 1. The zero-order valence-electron chi connectivity index (χ0n) is 11.9. The van der Waals surface area contributed by atoms with Gasteiger partial charge in [0.15, 0.2) is 0 Å². The summed E-state index contributed by atoms with van der Waals surface area (Å²) in [6.07, 6.45) is 4.58. The van der Waals surface area contributed by atoms with E-state index in [2.05, 4.69) is 19.2 Å². The maximum absolute atomic E-state index is 11.1. The van der Waals surface area contributed by atoms with Crippen molar-refractivity contribution in [1.82, 2.24) is 0 Å². The molecule has 2 rings (SSSR count). The first-order valence-electron chi connectivity index (χ1n) is 6.89. The molecule has 0 heterocycles. The average molecular weight is 262 g/mol. The molecule has 0 aliphatic heterocycles. The van der Waals surface area contributed by atoms with Gasteiger partial charge in [-0.25, -0.2) is 0 Å². The average Bonchev–Trinajstić information content (AvgIpc) is 2.30. The van der Waals surface area contributed by atoms with E-state index >= 15 is 0 Å². The van der Waals surface area contributed by atoms with Crippen molar-refractivity contribution in [3.63, 3.8) is 0 Å². The number of rotatable bonds is 3. The summed E-state index contributed by atoms with van der Waals surface area (Å²) in [6, 6.07) is 5.72. The predicted molar refractivity (Wildman–Crippen MR) is 77.5 cm³/mol. The van der Waals surface area contributed by atoms with E-state index in [1.165, 1.54) is 12.8 Å². The standard InChI is InChI=1S/C15H22N2O2/c1-11-6-7-13(14(9-11)17(18)19)16-12-5-4-8-15(2,3)10-12/h6-7,9,12,16H,4-5,8,10H2,1-3H3. The number of benzene rings is 1. The molecule has 1 saturated carbocycles. The lowest BCUT2D eigenvalue weighted by molar-refractivity contribution is -0.384. The highest BCUT2D eigenvalue weighted by atomic mass is 16.6. The quantitative estimate of drug-likeness (QED) is 0.653. The van der Waals surface area contributed by atoms with Crippen LogP contribution in [0.5, 0.6) is 0 Å². The SMILES string of the molecule is Cc1ccc(NC2CCCC(C)(C)C2)c([N+](=O)[O-])c1. The Labute approximate surface area is 114 Å². The lowest BCUT2D eigenvalue weighted by Gasteiger charge is -2.35. The smallest absolute Gasteiger partial charge is 0.292 e. The number of anilines is 1. The monoisotopic (exact) mass is 262 g/mol. The van der Waals surface area contributed by atoms with Gasteiger partial charge >= 0.3 is 0 Å². The fraction of sp³-hybridized carbons (Fsp3) is 0.600. The van der Waals surface area contributed by atoms with Crippen molar-refractivity contribution >= 4 is 11.4 Å². The summed E-state index contributed by atoms with van der Waals surface area (Å²) in [6.45, 7) is 6.41. The minimum Gasteiger partial charge on any atom is -0.377 e. The van der Waals surface area contributed by atoms with Crippen LogP contribution in [0.15, 0.2) is 18.2 Å². The summed E-state index contributed by atoms with van der Waals surface area (Å²) in [5, 5.41) is 14.5. The minimum absolute atomic E-state index is 0.184. The first kappa shape index (κ1) is 13.8. The second-order valence-corrected chi connectivity index (χ2v) is 6.38. The van der Waals surface area contributed by atoms with Crippen LogP contribution in [-0.2, 0) is 0 Å². The molecule has 4 nitrogen and oxygen atoms in total. The maximum atomic E-state index is 11.1. The highest BCUT2D eigenvalue weighted by Gasteiger charge is 2.29. The van der Waals surface area contributed by atoms with Gasteiger partial charge in [-0.1, -0.05) is 26.3 Å². The fourth-order valence-corrected chi connectivity index (χ4v) is 2.96. The van der Waals surface area contributed by atoms with Crippen LogP contribution in [0.25, 0.3) is 0 Å². The van der Waals surface area contributed by atoms with Gasteiger partial charge in [0.2, 0.25) is 0 Å². The van der Waals surface area contributed by atoms with Gasteiger partial charge < -0.3 is 5.32 Å². The Balaban J connectivity index is 2.17. The van der Waals surface area contributed by atoms with E-state index in [0.29, 0.717) is 17.1 Å². The van der Waals surface area contributed by atoms with E-state index < -0.39 is 0 Å². The zero-order valence-corrected chi connectivity index (χ0v) is 11.9. The molecule has 4 heteroatoms. The predicted octanol–water partition coefficient (Wildman–Crippen LogP) is 4.28. The number of hydrogen-bond acceptors (Lipinski definition) is 3. The Morgan fingerprint density at radius 2 is 2.16 bits per heavy atom. The van der Waals surface area contributed by atoms with Crippen LogP contribution in [0.4, 0.5) is 11.4 Å². The molecule has 1 fully saturated rings. The van der Waals surface area contributed by atoms with Gasteiger partial charge in [0.25, 0.3) is 5.69 Å². The Kier molecular flexibility index (Phi) is 3.78. The second-order valence-electron chi connectivity index (χ2n) is 6.38. The van der Waals surface area contributed by atoms with Gasteiger partial charge in [-0.05, 0) is 43.2 Å². The third kappa shape index (κ3) is 3.46. The van der Waals surface area contributed by atoms with Crippen LogP contribution in [-0.4, -0.2) is 11.0 Å². The molecule has 1 aromatic carbocycles. The van der Waals surface area contributed by atoms with Gasteiger partial charge in [-0.3, -0.25) is 10.1 Å². The molecule has 0 bridgehead atoms. The lowest BCUT2D eigenvalue weighted by Crippen LogP contribution is -2.31. The van der Waals surface area contributed by atoms with Crippen molar-refractivity contribution in [2.24, 2.45) is 5.41 Å². The van der Waals surface area contributed by atoms with Crippen molar-refractivity contribution in [3.8, 4) is 0 Å². The summed E-state index contributed by atoms with van der Waals surface area (Å²) < 4.78 is 0. The summed E-state index contributed by atoms with van der Waals surface area (Å²) in [5.41, 5.74) is 2.08. The number of aryl methyl sites for hydroxylation is 1. The third-order valence-electron chi connectivity index (χ3n) is 3.91. The number of nitro benzene ring substituents is 1. The number of nitrogens with one attached hydrogen (secondary N) is 1. The summed E-state index contributed by atoms with van der Waals surface area (Å²) in [5.74, 6) is 0. The van der Waals surface area contributed by atoms with Crippen LogP contribution in [0.3, 0.4) is 0 Å². The molecule has 1 aliphatic rings. The fourth-order valence-electron chi connectivity index (χ4n) is 2.96. The largest absolute Gasteiger partial charge is 0.377 e. The lowest BCUT2D eigenvalue weighted by atomic mass is 9.75. The zero-order chi connectivity index (χ0) is 14.0. The molecule has 104 valence electrons. The Morgan fingerprint density at radius 3 is 2.79 bits per heavy atom. The van der Waals surface area contributed by atoms with E-state index in [1.54, 1.807) is 6.07 Å². The molecule has 1 aliphatic carbocycles. The van der Waals surface area contributed by atoms with Gasteiger partial charge in [-0.15, -0.1) is 0 Å². The third-order valence-corrected chi connectivity index (χ3v) is 3.91. The van der Waals surface area contributed by atoms with Crippen molar-refractivity contribution in [2.75, 3.05) is 5.32 Å². The highest BCUT2D eigenvalue weighted by Crippen LogP contribution is 2.37. The van der Waals surface area contributed by atoms with Gasteiger partial charge in [-0.2, -0.15) is 0 Å². The molecule has 1 N–H and O–H groups in total. The highest BCUT2D eigenvalue weighted by molar-refractivity contribution is 5.63. The van der Waals surface area contributed by atoms with Gasteiger partial charge in [0.1, 0.15) is 5.69 Å². The molecule has 0 saturated heterocycles. The normalized spacial score (nSPS) is 21.9. The molecule has 0 amide bonds. The van der Waals surface area contributed by atoms with Crippen LogP contribution in [0.1, 0.15) is 45.1 Å². The van der Waals surface area contributed by atoms with Crippen LogP contribution in [0.2, 0.25) is 0 Å². The molecular weight excluding hydrogens is 240 g/mol. The van der Waals surface area contributed by atoms with E-state index in [4.69, 9.17) is 0 Å². The van der Waals surface area contributed by atoms with Gasteiger partial charge in [0, 0.05) is 12.1 Å². The van der Waals surface area contributed by atoms with Crippen molar-refractivity contribution in [1.29, 1.82) is 0 Å². The number of hydrogen-bond donors (Lipinski definition) is 1. The Bertz CT molecular complexity index is 483. The Morgan fingerprint density at radius 1 is 1.42 bits per heavy atom. The topological polar surface area (TPSA) is 55.2 Å². The van der Waals surface area contributed by atoms with Crippen molar-refractivity contribution < 1.29 is 4.92 Å². The van der Waals surface area contributed by atoms with Crippen molar-refractivity contribution in [2.45, 2.75) is 52.5 Å². The summed E-state index contributed by atoms with van der Waals surface area (Å²) in [4.78, 5) is 10.8. The van der Waals surface area contributed by atoms with E-state index in [-0.39, 0.29) is 10.6 Å². The first-order chi connectivity index (χ1) is 8.87. The summed E-state index contributed by atoms with van der Waals surface area (Å²) >= 11 is 0. The molecule has 0 radical (unpaired) electrons. The second kappa shape index (κ2) is 5.19. The molecule has 0 aromatic heterocycles. The maximum Gasteiger partial charge on any atom is 0.292 e. The molecule has 19 heavy (non-hydrogen) atoms. The number of nitrogens with zero attached hydrogens (tertiary/aromatic N) is 1. The van der Waals surface area contributed by atoms with E-state index in [0.717, 1.165) is 18.4 Å². The molecule has 1 atom stereocenters. The van der Waals surface area contributed by atoms with Crippen LogP contribution < -0.4 is 5.32 Å². The van der Waals surface area contributed by atoms with Gasteiger partial charge in [0.05, 0.1) is 4.92 Å². The Hall–Kier alpha value is -1.58. The summed E-state index contributed by atoms with van der Waals surface area (Å²) in [7, 11) is 0. The molecular formula is C15H22N2O2. The van der Waals surface area contributed by atoms with Crippen LogP contribution in [0, 0.1) is 22.5 Å². The molecule has 1 aromatic rings. The molecule has 0 spiro atoms. The minimum atomic E-state index is -0.302. The van der Waals surface area contributed by atoms with E-state index in [9.17, 15) is 10.1 Å². The van der Waals surface area contributed by atoms with E-state index in [1.807, 2.05) is 19.1 Å².